The summed E-state index contributed by atoms with van der Waals surface area (Å²) in [5.41, 5.74) is 0.0707. The van der Waals surface area contributed by atoms with Crippen LogP contribution in [0.2, 0.25) is 0 Å². The Morgan fingerprint density at radius 3 is 2.39 bits per heavy atom. The van der Waals surface area contributed by atoms with Crippen LogP contribution in [-0.2, 0) is 4.74 Å². The zero-order valence-electron chi connectivity index (χ0n) is 14.0. The Bertz CT molecular complexity index is 571. The van der Waals surface area contributed by atoms with Gasteiger partial charge in [0.2, 0.25) is 0 Å². The predicted octanol–water partition coefficient (Wildman–Crippen LogP) is 4.17. The maximum Gasteiger partial charge on any atom is 0.410 e. The monoisotopic (exact) mass is 320 g/mol. The summed E-state index contributed by atoms with van der Waals surface area (Å²) in [5.74, 6) is -0.227. The summed E-state index contributed by atoms with van der Waals surface area (Å²) in [7, 11) is 0. The van der Waals surface area contributed by atoms with E-state index in [2.05, 4.69) is 5.32 Å². The Balaban J connectivity index is 1.65. The summed E-state index contributed by atoms with van der Waals surface area (Å²) in [6.45, 7) is 5.66. The van der Waals surface area contributed by atoms with Gasteiger partial charge in [0.1, 0.15) is 11.4 Å². The maximum absolute atomic E-state index is 13.8. The first-order valence-electron chi connectivity index (χ1n) is 8.36. The van der Waals surface area contributed by atoms with Gasteiger partial charge in [-0.05, 0) is 58.6 Å². The molecule has 2 heterocycles. The Morgan fingerprint density at radius 1 is 1.22 bits per heavy atom. The van der Waals surface area contributed by atoms with E-state index in [4.69, 9.17) is 4.74 Å². The molecular formula is C18H25FN2O2. The number of carbonyl (C=O) groups is 1. The largest absolute Gasteiger partial charge is 0.444 e. The van der Waals surface area contributed by atoms with E-state index in [1.54, 1.807) is 12.1 Å². The molecular weight excluding hydrogens is 295 g/mol. The second kappa shape index (κ2) is 6.02. The molecule has 1 aromatic carbocycles. The molecule has 5 heteroatoms. The summed E-state index contributed by atoms with van der Waals surface area (Å²) in [6, 6.07) is 7.32. The highest BCUT2D eigenvalue weighted by molar-refractivity contribution is 5.69. The SMILES string of the molecule is CC(C)(C)OC(=O)N1C2CCC1CC(Nc1ccccc1F)C2. The fraction of sp³-hybridized carbons (Fsp3) is 0.611. The van der Waals surface area contributed by atoms with Gasteiger partial charge < -0.3 is 15.0 Å². The zero-order chi connectivity index (χ0) is 16.6. The fourth-order valence-corrected chi connectivity index (χ4v) is 3.71. The van der Waals surface area contributed by atoms with Crippen LogP contribution in [0.3, 0.4) is 0 Å². The number of halogens is 1. The number of amides is 1. The quantitative estimate of drug-likeness (QED) is 0.889. The Labute approximate surface area is 137 Å². The molecule has 0 spiro atoms. The van der Waals surface area contributed by atoms with E-state index in [1.165, 1.54) is 6.07 Å². The number of carbonyl (C=O) groups excluding carboxylic acids is 1. The van der Waals surface area contributed by atoms with Crippen LogP contribution in [0.1, 0.15) is 46.5 Å². The molecule has 2 aliphatic rings. The normalized spacial score (nSPS) is 27.0. The van der Waals surface area contributed by atoms with Crippen molar-refractivity contribution < 1.29 is 13.9 Å². The molecule has 1 aromatic rings. The van der Waals surface area contributed by atoms with Gasteiger partial charge in [-0.25, -0.2) is 9.18 Å². The van der Waals surface area contributed by atoms with Gasteiger partial charge in [-0.3, -0.25) is 0 Å². The number of hydrogen-bond donors (Lipinski definition) is 1. The number of nitrogens with one attached hydrogen (secondary N) is 1. The molecule has 0 aromatic heterocycles. The lowest BCUT2D eigenvalue weighted by molar-refractivity contribution is 0.00682. The van der Waals surface area contributed by atoms with Gasteiger partial charge >= 0.3 is 6.09 Å². The third-order valence-corrected chi connectivity index (χ3v) is 4.57. The van der Waals surface area contributed by atoms with Crippen LogP contribution in [0.4, 0.5) is 14.9 Å². The molecule has 0 aliphatic carbocycles. The molecule has 2 bridgehead atoms. The van der Waals surface area contributed by atoms with Crippen molar-refractivity contribution in [3.8, 4) is 0 Å². The predicted molar refractivity (Wildman–Crippen MR) is 87.9 cm³/mol. The Kier molecular flexibility index (Phi) is 4.21. The molecule has 1 amide bonds. The van der Waals surface area contributed by atoms with Gasteiger partial charge in [0.25, 0.3) is 0 Å². The van der Waals surface area contributed by atoms with Gasteiger partial charge in [-0.2, -0.15) is 0 Å². The first-order chi connectivity index (χ1) is 10.8. The van der Waals surface area contributed by atoms with Gasteiger partial charge in [0, 0.05) is 18.1 Å². The van der Waals surface area contributed by atoms with Crippen LogP contribution in [0, 0.1) is 5.82 Å². The smallest absolute Gasteiger partial charge is 0.410 e. The molecule has 4 nitrogen and oxygen atoms in total. The summed E-state index contributed by atoms with van der Waals surface area (Å²) in [6.07, 6.45) is 3.46. The van der Waals surface area contributed by atoms with Crippen molar-refractivity contribution >= 4 is 11.8 Å². The molecule has 2 unspecified atom stereocenters. The van der Waals surface area contributed by atoms with Gasteiger partial charge in [0.15, 0.2) is 0 Å². The van der Waals surface area contributed by atoms with Crippen molar-refractivity contribution in [3.63, 3.8) is 0 Å². The van der Waals surface area contributed by atoms with Crippen molar-refractivity contribution in [2.24, 2.45) is 0 Å². The van der Waals surface area contributed by atoms with Crippen molar-refractivity contribution in [3.05, 3.63) is 30.1 Å². The molecule has 0 saturated carbocycles. The van der Waals surface area contributed by atoms with E-state index in [-0.39, 0.29) is 30.0 Å². The van der Waals surface area contributed by atoms with Crippen molar-refractivity contribution in [1.82, 2.24) is 4.90 Å². The first-order valence-corrected chi connectivity index (χ1v) is 8.36. The van der Waals surface area contributed by atoms with E-state index in [1.807, 2.05) is 31.7 Å². The fourth-order valence-electron chi connectivity index (χ4n) is 3.71. The number of rotatable bonds is 2. The van der Waals surface area contributed by atoms with Crippen LogP contribution >= 0.6 is 0 Å². The highest BCUT2D eigenvalue weighted by Crippen LogP contribution is 2.38. The minimum Gasteiger partial charge on any atom is -0.444 e. The average molecular weight is 320 g/mol. The summed E-state index contributed by atoms with van der Waals surface area (Å²) in [4.78, 5) is 14.3. The lowest BCUT2D eigenvalue weighted by Gasteiger charge is -2.40. The first kappa shape index (κ1) is 16.1. The second-order valence-electron chi connectivity index (χ2n) is 7.57. The average Bonchev–Trinajstić information content (AvgIpc) is 2.72. The highest BCUT2D eigenvalue weighted by Gasteiger charge is 2.44. The topological polar surface area (TPSA) is 41.6 Å². The standard InChI is InChI=1S/C18H25FN2O2/c1-18(2,3)23-17(22)21-13-8-9-14(21)11-12(10-13)20-16-7-5-4-6-15(16)19/h4-7,12-14,20H,8-11H2,1-3H3. The van der Waals surface area contributed by atoms with Crippen molar-refractivity contribution in [1.29, 1.82) is 0 Å². The minimum atomic E-state index is -0.473. The Morgan fingerprint density at radius 2 is 1.83 bits per heavy atom. The summed E-state index contributed by atoms with van der Waals surface area (Å²) in [5, 5.41) is 3.30. The number of benzene rings is 1. The number of anilines is 1. The van der Waals surface area contributed by atoms with E-state index in [0.717, 1.165) is 25.7 Å². The van der Waals surface area contributed by atoms with Crippen molar-refractivity contribution in [2.75, 3.05) is 5.32 Å². The molecule has 23 heavy (non-hydrogen) atoms. The zero-order valence-corrected chi connectivity index (χ0v) is 14.0. The molecule has 2 atom stereocenters. The lowest BCUT2D eigenvalue weighted by Crippen LogP contribution is -2.51. The van der Waals surface area contributed by atoms with Gasteiger partial charge in [0.05, 0.1) is 5.69 Å². The van der Waals surface area contributed by atoms with E-state index < -0.39 is 5.60 Å². The summed E-state index contributed by atoms with van der Waals surface area (Å²) >= 11 is 0. The summed E-state index contributed by atoms with van der Waals surface area (Å²) < 4.78 is 19.3. The third kappa shape index (κ3) is 3.59. The van der Waals surface area contributed by atoms with Crippen molar-refractivity contribution in [2.45, 2.75) is 70.2 Å². The van der Waals surface area contributed by atoms with E-state index in [0.29, 0.717) is 5.69 Å². The molecule has 2 aliphatic heterocycles. The molecule has 2 fully saturated rings. The van der Waals surface area contributed by atoms with Crippen LogP contribution in [0.15, 0.2) is 24.3 Å². The minimum absolute atomic E-state index is 0.188. The van der Waals surface area contributed by atoms with Gasteiger partial charge in [-0.1, -0.05) is 12.1 Å². The number of hydrogen-bond acceptors (Lipinski definition) is 3. The van der Waals surface area contributed by atoms with Crippen LogP contribution in [0.25, 0.3) is 0 Å². The maximum atomic E-state index is 13.8. The Hall–Kier alpha value is -1.78. The molecule has 3 rings (SSSR count). The molecule has 0 radical (unpaired) electrons. The number of ether oxygens (including phenoxy) is 1. The number of fused-ring (bicyclic) bond motifs is 2. The highest BCUT2D eigenvalue weighted by atomic mass is 19.1. The van der Waals surface area contributed by atoms with Gasteiger partial charge in [-0.15, -0.1) is 0 Å². The number of para-hydroxylation sites is 1. The third-order valence-electron chi connectivity index (χ3n) is 4.57. The number of nitrogens with zero attached hydrogens (tertiary/aromatic N) is 1. The van der Waals surface area contributed by atoms with Crippen LogP contribution in [-0.4, -0.2) is 34.7 Å². The lowest BCUT2D eigenvalue weighted by atomic mass is 9.97. The molecule has 1 N–H and O–H groups in total. The number of piperidine rings is 1. The second-order valence-corrected chi connectivity index (χ2v) is 7.57. The van der Waals surface area contributed by atoms with Crippen LogP contribution < -0.4 is 5.32 Å². The molecule has 2 saturated heterocycles. The molecule has 126 valence electrons. The van der Waals surface area contributed by atoms with E-state index >= 15 is 0 Å². The van der Waals surface area contributed by atoms with E-state index in [9.17, 15) is 9.18 Å². The van der Waals surface area contributed by atoms with Crippen LogP contribution in [0.5, 0.6) is 0 Å².